The molecule has 0 nitrogen and oxygen atoms in total. The third kappa shape index (κ3) is 2.92. The number of halogens is 2. The molecular weight excluding hydrogens is 227 g/mol. The summed E-state index contributed by atoms with van der Waals surface area (Å²) in [6.45, 7) is 0. The molecule has 15 heavy (non-hydrogen) atoms. The first-order chi connectivity index (χ1) is 7.24. The van der Waals surface area contributed by atoms with Crippen molar-refractivity contribution in [1.29, 1.82) is 0 Å². The molecule has 0 bridgehead atoms. The molecule has 2 heteroatoms. The van der Waals surface area contributed by atoms with Crippen LogP contribution in [-0.4, -0.2) is 0 Å². The molecule has 0 saturated carbocycles. The van der Waals surface area contributed by atoms with Crippen LogP contribution in [-0.2, 0) is 0 Å². The third-order valence-electron chi connectivity index (χ3n) is 2.07. The van der Waals surface area contributed by atoms with E-state index >= 15 is 0 Å². The maximum absolute atomic E-state index is 5.80. The maximum atomic E-state index is 5.80. The highest BCUT2D eigenvalue weighted by molar-refractivity contribution is 6.30. The van der Waals surface area contributed by atoms with E-state index in [1.807, 2.05) is 48.5 Å². The predicted molar refractivity (Wildman–Crippen MR) is 65.4 cm³/mol. The molecule has 74 valence electrons. The molecule has 0 N–H and O–H groups in total. The second-order valence-corrected chi connectivity index (χ2v) is 4.12. The average Bonchev–Trinajstić information content (AvgIpc) is 2.25. The van der Waals surface area contributed by atoms with Crippen molar-refractivity contribution in [1.82, 2.24) is 0 Å². The topological polar surface area (TPSA) is 0 Å². The fourth-order valence-corrected chi connectivity index (χ4v) is 1.56. The van der Waals surface area contributed by atoms with Crippen LogP contribution in [0.5, 0.6) is 0 Å². The van der Waals surface area contributed by atoms with Crippen LogP contribution in [0.25, 0.3) is 0 Å². The summed E-state index contributed by atoms with van der Waals surface area (Å²) in [4.78, 5) is 0. The van der Waals surface area contributed by atoms with Gasteiger partial charge in [0.1, 0.15) is 0 Å². The maximum Gasteiger partial charge on any atom is 0.0726 e. The van der Waals surface area contributed by atoms with Gasteiger partial charge in [-0.2, -0.15) is 0 Å². The minimum Gasteiger partial charge on any atom is -0.0828 e. The van der Waals surface area contributed by atoms with E-state index < -0.39 is 0 Å². The normalized spacial score (nSPS) is 10.0. The molecule has 2 aromatic carbocycles. The third-order valence-corrected chi connectivity index (χ3v) is 2.58. The van der Waals surface area contributed by atoms with Crippen molar-refractivity contribution in [2.75, 3.05) is 0 Å². The lowest BCUT2D eigenvalue weighted by Crippen LogP contribution is -1.83. The van der Waals surface area contributed by atoms with Gasteiger partial charge in [-0.1, -0.05) is 23.2 Å². The highest BCUT2D eigenvalue weighted by Gasteiger charge is 2.03. The van der Waals surface area contributed by atoms with E-state index in [9.17, 15) is 0 Å². The molecule has 0 unspecified atom stereocenters. The Morgan fingerprint density at radius 3 is 1.27 bits per heavy atom. The van der Waals surface area contributed by atoms with Crippen molar-refractivity contribution < 1.29 is 0 Å². The van der Waals surface area contributed by atoms with Crippen LogP contribution in [0.3, 0.4) is 0 Å². The molecule has 0 aliphatic heterocycles. The molecule has 0 aromatic heterocycles. The van der Waals surface area contributed by atoms with Gasteiger partial charge in [-0.25, -0.2) is 0 Å². The van der Waals surface area contributed by atoms with Crippen molar-refractivity contribution in [3.05, 3.63) is 76.1 Å². The lowest BCUT2D eigenvalue weighted by atomic mass is 10.1. The van der Waals surface area contributed by atoms with E-state index in [2.05, 4.69) is 6.42 Å². The van der Waals surface area contributed by atoms with Gasteiger partial charge in [0.05, 0.1) is 21.2 Å². The molecule has 0 heterocycles. The summed E-state index contributed by atoms with van der Waals surface area (Å²) in [7, 11) is 0. The molecule has 0 radical (unpaired) electrons. The summed E-state index contributed by atoms with van der Waals surface area (Å²) >= 11 is 11.6. The summed E-state index contributed by atoms with van der Waals surface area (Å²) in [5.74, 6) is 0. The smallest absolute Gasteiger partial charge is 0.0726 e. The van der Waals surface area contributed by atoms with E-state index in [0.29, 0.717) is 0 Å². The highest BCUT2D eigenvalue weighted by atomic mass is 35.5. The van der Waals surface area contributed by atoms with Gasteiger partial charge in [0.15, 0.2) is 0 Å². The van der Waals surface area contributed by atoms with E-state index in [0.717, 1.165) is 21.2 Å². The molecule has 0 saturated heterocycles. The summed E-state index contributed by atoms with van der Waals surface area (Å²) in [6, 6.07) is 15.4. The van der Waals surface area contributed by atoms with Gasteiger partial charge in [0.25, 0.3) is 0 Å². The van der Waals surface area contributed by atoms with E-state index in [4.69, 9.17) is 23.2 Å². The zero-order valence-electron chi connectivity index (χ0n) is 7.95. The van der Waals surface area contributed by atoms with Crippen molar-refractivity contribution >= 4 is 23.2 Å². The second kappa shape index (κ2) is 4.61. The van der Waals surface area contributed by atoms with Crippen LogP contribution in [0.1, 0.15) is 11.1 Å². The first kappa shape index (κ1) is 10.4. The zero-order valence-corrected chi connectivity index (χ0v) is 9.46. The van der Waals surface area contributed by atoms with Crippen molar-refractivity contribution in [3.8, 4) is 0 Å². The standard InChI is InChI=1S/C13H9Cl2/c14-12-5-1-10(2-6-12)9-11-3-7-13(15)8-4-11/h1-9H/q+1. The van der Waals surface area contributed by atoms with Crippen LogP contribution in [0.4, 0.5) is 0 Å². The van der Waals surface area contributed by atoms with Gasteiger partial charge in [-0.05, 0) is 24.3 Å². The molecule has 2 rings (SSSR count). The van der Waals surface area contributed by atoms with Crippen LogP contribution in [0, 0.1) is 6.42 Å². The Balaban J connectivity index is 2.15. The van der Waals surface area contributed by atoms with E-state index in [-0.39, 0.29) is 0 Å². The van der Waals surface area contributed by atoms with Crippen LogP contribution in [0.15, 0.2) is 48.5 Å². The van der Waals surface area contributed by atoms with Gasteiger partial charge in [-0.15, -0.1) is 0 Å². The van der Waals surface area contributed by atoms with Crippen LogP contribution >= 0.6 is 23.2 Å². The first-order valence-electron chi connectivity index (χ1n) is 4.60. The van der Waals surface area contributed by atoms with Crippen molar-refractivity contribution in [2.45, 2.75) is 0 Å². The Kier molecular flexibility index (Phi) is 3.20. The number of benzene rings is 2. The SMILES string of the molecule is Clc1ccc([CH+]c2ccc(Cl)cc2)cc1. The molecular formula is C13H9Cl2+. The summed E-state index contributed by atoms with van der Waals surface area (Å²) in [5, 5.41) is 1.51. The Morgan fingerprint density at radius 1 is 0.600 bits per heavy atom. The Bertz CT molecular complexity index is 386. The number of rotatable bonds is 2. The summed E-state index contributed by atoms with van der Waals surface area (Å²) in [5.41, 5.74) is 2.25. The number of hydrogen-bond donors (Lipinski definition) is 0. The average molecular weight is 236 g/mol. The van der Waals surface area contributed by atoms with E-state index in [1.54, 1.807) is 0 Å². The highest BCUT2D eigenvalue weighted by Crippen LogP contribution is 2.17. The van der Waals surface area contributed by atoms with E-state index in [1.165, 1.54) is 0 Å². The molecule has 0 atom stereocenters. The predicted octanol–water partition coefficient (Wildman–Crippen LogP) is 4.59. The molecule has 0 amide bonds. The summed E-state index contributed by atoms with van der Waals surface area (Å²) < 4.78 is 0. The molecule has 2 aromatic rings. The monoisotopic (exact) mass is 235 g/mol. The van der Waals surface area contributed by atoms with Gasteiger partial charge in [-0.3, -0.25) is 0 Å². The Labute approximate surface area is 99.5 Å². The minimum absolute atomic E-state index is 0.753. The van der Waals surface area contributed by atoms with Crippen molar-refractivity contribution in [3.63, 3.8) is 0 Å². The molecule has 0 fully saturated rings. The first-order valence-corrected chi connectivity index (χ1v) is 5.35. The fourth-order valence-electron chi connectivity index (χ4n) is 1.31. The molecule has 0 aliphatic carbocycles. The lowest BCUT2D eigenvalue weighted by Gasteiger charge is -1.95. The fraction of sp³-hybridized carbons (Fsp3) is 0. The summed E-state index contributed by atoms with van der Waals surface area (Å²) in [6.07, 6.45) is 2.08. The quantitative estimate of drug-likeness (QED) is 0.668. The van der Waals surface area contributed by atoms with Gasteiger partial charge in [0.2, 0.25) is 0 Å². The molecule has 0 aliphatic rings. The Morgan fingerprint density at radius 2 is 0.933 bits per heavy atom. The lowest BCUT2D eigenvalue weighted by molar-refractivity contribution is 1.43. The van der Waals surface area contributed by atoms with Crippen LogP contribution in [0.2, 0.25) is 10.0 Å². The van der Waals surface area contributed by atoms with Crippen molar-refractivity contribution in [2.24, 2.45) is 0 Å². The molecule has 0 spiro atoms. The van der Waals surface area contributed by atoms with Gasteiger partial charge >= 0.3 is 0 Å². The van der Waals surface area contributed by atoms with Crippen LogP contribution < -0.4 is 0 Å². The zero-order chi connectivity index (χ0) is 10.7. The van der Waals surface area contributed by atoms with Gasteiger partial charge < -0.3 is 0 Å². The Hall–Kier alpha value is -1.11. The minimum atomic E-state index is 0.753. The second-order valence-electron chi connectivity index (χ2n) is 3.25. The van der Waals surface area contributed by atoms with Gasteiger partial charge in [0, 0.05) is 30.7 Å². The number of hydrogen-bond acceptors (Lipinski definition) is 0. The largest absolute Gasteiger partial charge is 0.0828 e.